The number of allylic oxidation sites excluding steroid dienone is 1. The summed E-state index contributed by atoms with van der Waals surface area (Å²) >= 11 is 1.26. The quantitative estimate of drug-likeness (QED) is 0.327. The highest BCUT2D eigenvalue weighted by Crippen LogP contribution is 2.37. The fraction of sp³-hybridized carbons (Fsp3) is 0.233. The Morgan fingerprint density at radius 2 is 1.79 bits per heavy atom. The van der Waals surface area contributed by atoms with Gasteiger partial charge in [-0.25, -0.2) is 9.79 Å². The van der Waals surface area contributed by atoms with Crippen molar-refractivity contribution in [2.75, 3.05) is 27.9 Å². The van der Waals surface area contributed by atoms with Crippen LogP contribution in [0.25, 0.3) is 16.8 Å². The number of methoxy groups -OCH3 is 3. The molecule has 4 aromatic rings. The number of esters is 1. The van der Waals surface area contributed by atoms with Crippen LogP contribution in [0.15, 0.2) is 75.7 Å². The van der Waals surface area contributed by atoms with Crippen molar-refractivity contribution >= 4 is 34.2 Å². The highest BCUT2D eigenvalue weighted by atomic mass is 32.1. The zero-order valence-corrected chi connectivity index (χ0v) is 23.1. The number of benzene rings is 3. The van der Waals surface area contributed by atoms with Gasteiger partial charge in [-0.05, 0) is 48.9 Å². The molecule has 1 aromatic heterocycles. The Kier molecular flexibility index (Phi) is 7.26. The van der Waals surface area contributed by atoms with E-state index in [9.17, 15) is 9.59 Å². The Balaban J connectivity index is 1.80. The van der Waals surface area contributed by atoms with E-state index in [0.717, 1.165) is 16.3 Å². The molecule has 2 heterocycles. The third-order valence-electron chi connectivity index (χ3n) is 6.68. The van der Waals surface area contributed by atoms with Gasteiger partial charge in [-0.2, -0.15) is 0 Å². The molecule has 39 heavy (non-hydrogen) atoms. The molecule has 9 heteroatoms. The van der Waals surface area contributed by atoms with Crippen molar-refractivity contribution in [1.29, 1.82) is 0 Å². The first-order valence-electron chi connectivity index (χ1n) is 12.4. The molecule has 0 aliphatic carbocycles. The number of carbonyl (C=O) groups is 1. The lowest BCUT2D eigenvalue weighted by Gasteiger charge is -2.26. The van der Waals surface area contributed by atoms with E-state index in [2.05, 4.69) is 4.99 Å². The van der Waals surface area contributed by atoms with Crippen LogP contribution in [-0.4, -0.2) is 38.5 Å². The van der Waals surface area contributed by atoms with Gasteiger partial charge in [0.1, 0.15) is 23.3 Å². The van der Waals surface area contributed by atoms with Crippen LogP contribution < -0.4 is 29.1 Å². The standard InChI is InChI=1S/C30H28N2O6S/c1-6-38-29(34)26-17(2)31-30-32(27(26)21-13-12-19(35-3)15-24(21)37-5)28(33)25(39-30)16-22-20-10-8-7-9-18(20)11-14-23(22)36-4/h7-16,27H,6H2,1-5H3. The zero-order valence-electron chi connectivity index (χ0n) is 22.3. The summed E-state index contributed by atoms with van der Waals surface area (Å²) in [6.07, 6.45) is 1.83. The van der Waals surface area contributed by atoms with Crippen molar-refractivity contribution < 1.29 is 23.7 Å². The van der Waals surface area contributed by atoms with Gasteiger partial charge in [0.2, 0.25) is 0 Å². The molecule has 0 amide bonds. The van der Waals surface area contributed by atoms with E-state index in [1.165, 1.54) is 23.0 Å². The number of nitrogens with zero attached hydrogens (tertiary/aromatic N) is 2. The molecule has 1 aliphatic rings. The summed E-state index contributed by atoms with van der Waals surface area (Å²) in [5.41, 5.74) is 1.88. The maximum atomic E-state index is 14.1. The van der Waals surface area contributed by atoms with Crippen LogP contribution in [0.2, 0.25) is 0 Å². The monoisotopic (exact) mass is 544 g/mol. The Bertz CT molecular complexity index is 1800. The van der Waals surface area contributed by atoms with Gasteiger partial charge >= 0.3 is 5.97 Å². The zero-order chi connectivity index (χ0) is 27.7. The van der Waals surface area contributed by atoms with Crippen molar-refractivity contribution in [2.45, 2.75) is 19.9 Å². The molecule has 0 saturated carbocycles. The van der Waals surface area contributed by atoms with Crippen molar-refractivity contribution in [2.24, 2.45) is 4.99 Å². The van der Waals surface area contributed by atoms with Crippen LogP contribution in [0, 0.1) is 0 Å². The van der Waals surface area contributed by atoms with Gasteiger partial charge in [-0.3, -0.25) is 9.36 Å². The van der Waals surface area contributed by atoms with Gasteiger partial charge in [0, 0.05) is 17.2 Å². The van der Waals surface area contributed by atoms with Crippen LogP contribution in [0.4, 0.5) is 0 Å². The first-order valence-corrected chi connectivity index (χ1v) is 13.2. The van der Waals surface area contributed by atoms with Crippen LogP contribution in [0.1, 0.15) is 31.0 Å². The lowest BCUT2D eigenvalue weighted by atomic mass is 9.95. The molecule has 8 nitrogen and oxygen atoms in total. The van der Waals surface area contributed by atoms with E-state index in [0.29, 0.717) is 37.8 Å². The lowest BCUT2D eigenvalue weighted by Crippen LogP contribution is -2.40. The predicted molar refractivity (Wildman–Crippen MR) is 150 cm³/mol. The normalized spacial score (nSPS) is 15.1. The Hall–Kier alpha value is -4.37. The van der Waals surface area contributed by atoms with Gasteiger partial charge in [0.15, 0.2) is 4.80 Å². The first-order chi connectivity index (χ1) is 18.9. The largest absolute Gasteiger partial charge is 0.497 e. The fourth-order valence-corrected chi connectivity index (χ4v) is 5.89. The third kappa shape index (κ3) is 4.59. The number of hydrogen-bond donors (Lipinski definition) is 0. The van der Waals surface area contributed by atoms with Crippen molar-refractivity contribution in [3.8, 4) is 17.2 Å². The summed E-state index contributed by atoms with van der Waals surface area (Å²) in [5, 5.41) is 1.98. The van der Waals surface area contributed by atoms with Gasteiger partial charge < -0.3 is 18.9 Å². The summed E-state index contributed by atoms with van der Waals surface area (Å²) in [6.45, 7) is 3.68. The summed E-state index contributed by atoms with van der Waals surface area (Å²) in [7, 11) is 4.70. The maximum absolute atomic E-state index is 14.1. The first kappa shape index (κ1) is 26.2. The topological polar surface area (TPSA) is 88.4 Å². The van der Waals surface area contributed by atoms with Gasteiger partial charge in [-0.1, -0.05) is 41.7 Å². The number of carbonyl (C=O) groups excluding carboxylic acids is 1. The highest BCUT2D eigenvalue weighted by Gasteiger charge is 2.35. The van der Waals surface area contributed by atoms with Gasteiger partial charge in [-0.15, -0.1) is 0 Å². The summed E-state index contributed by atoms with van der Waals surface area (Å²) < 4.78 is 24.1. The molecule has 1 aliphatic heterocycles. The molecule has 1 unspecified atom stereocenters. The molecule has 0 radical (unpaired) electrons. The van der Waals surface area contributed by atoms with Gasteiger partial charge in [0.25, 0.3) is 5.56 Å². The Morgan fingerprint density at radius 3 is 2.51 bits per heavy atom. The molecule has 1 atom stereocenters. The maximum Gasteiger partial charge on any atom is 0.338 e. The van der Waals surface area contributed by atoms with E-state index in [1.54, 1.807) is 46.3 Å². The van der Waals surface area contributed by atoms with E-state index >= 15 is 0 Å². The number of fused-ring (bicyclic) bond motifs is 2. The molecule has 0 bridgehead atoms. The fourth-order valence-electron chi connectivity index (χ4n) is 4.86. The van der Waals surface area contributed by atoms with E-state index in [-0.39, 0.29) is 17.7 Å². The van der Waals surface area contributed by atoms with Crippen molar-refractivity contribution in [3.05, 3.63) is 96.7 Å². The Labute approximate surface area is 229 Å². The molecular weight excluding hydrogens is 516 g/mol. The van der Waals surface area contributed by atoms with Crippen molar-refractivity contribution in [1.82, 2.24) is 4.57 Å². The number of rotatable bonds is 7. The predicted octanol–water partition coefficient (Wildman–Crippen LogP) is 3.98. The van der Waals surface area contributed by atoms with Gasteiger partial charge in [0.05, 0.1) is 43.7 Å². The minimum atomic E-state index is -0.808. The number of hydrogen-bond acceptors (Lipinski definition) is 8. The summed E-state index contributed by atoms with van der Waals surface area (Å²) in [6, 6.07) is 16.3. The molecule has 3 aromatic carbocycles. The average Bonchev–Trinajstić information content (AvgIpc) is 3.26. The summed E-state index contributed by atoms with van der Waals surface area (Å²) in [4.78, 5) is 32.5. The molecule has 0 saturated heterocycles. The van der Waals surface area contributed by atoms with Crippen LogP contribution in [0.5, 0.6) is 17.2 Å². The molecule has 0 spiro atoms. The number of aromatic nitrogens is 1. The second-order valence-electron chi connectivity index (χ2n) is 8.81. The third-order valence-corrected chi connectivity index (χ3v) is 7.66. The smallest absolute Gasteiger partial charge is 0.338 e. The average molecular weight is 545 g/mol. The minimum Gasteiger partial charge on any atom is -0.497 e. The highest BCUT2D eigenvalue weighted by molar-refractivity contribution is 7.07. The molecule has 0 fully saturated rings. The van der Waals surface area contributed by atoms with Crippen LogP contribution in [-0.2, 0) is 9.53 Å². The number of ether oxygens (including phenoxy) is 4. The molecule has 5 rings (SSSR count). The second-order valence-corrected chi connectivity index (χ2v) is 9.82. The van der Waals surface area contributed by atoms with E-state index < -0.39 is 12.0 Å². The van der Waals surface area contributed by atoms with Crippen molar-refractivity contribution in [3.63, 3.8) is 0 Å². The van der Waals surface area contributed by atoms with Crippen LogP contribution >= 0.6 is 11.3 Å². The van der Waals surface area contributed by atoms with Crippen LogP contribution in [0.3, 0.4) is 0 Å². The summed E-state index contributed by atoms with van der Waals surface area (Å²) in [5.74, 6) is 1.17. The minimum absolute atomic E-state index is 0.188. The molecule has 0 N–H and O–H groups in total. The molecule has 200 valence electrons. The SMILES string of the molecule is CCOC(=O)C1=C(C)N=c2sc(=Cc3c(OC)ccc4ccccc34)c(=O)n2C1c1ccc(OC)cc1OC. The second kappa shape index (κ2) is 10.8. The van der Waals surface area contributed by atoms with E-state index in [4.69, 9.17) is 18.9 Å². The molecular formula is C30H28N2O6S. The van der Waals surface area contributed by atoms with E-state index in [1.807, 2.05) is 42.5 Å². The number of thiazole rings is 1. The lowest BCUT2D eigenvalue weighted by molar-refractivity contribution is -0.139. The Morgan fingerprint density at radius 1 is 1.03 bits per heavy atom.